The second kappa shape index (κ2) is 5.71. The van der Waals surface area contributed by atoms with Gasteiger partial charge in [-0.25, -0.2) is 0 Å². The zero-order chi connectivity index (χ0) is 9.78. The first-order chi connectivity index (χ1) is 5.42. The fourth-order valence-electron chi connectivity index (χ4n) is 0.997. The average molecular weight is 194 g/mol. The van der Waals surface area contributed by atoms with Crippen LogP contribution in [0.2, 0.25) is 0 Å². The Morgan fingerprint density at radius 1 is 1.69 bits per heavy atom. The Morgan fingerprint density at radius 3 is 2.38 bits per heavy atom. The molecule has 0 fully saturated rings. The van der Waals surface area contributed by atoms with Gasteiger partial charge in [0.25, 0.3) is 5.09 Å². The third-order valence-corrected chi connectivity index (χ3v) is 1.91. The van der Waals surface area contributed by atoms with Crippen molar-refractivity contribution in [2.24, 2.45) is 0 Å². The summed E-state index contributed by atoms with van der Waals surface area (Å²) in [5.74, 6) is 0. The zero-order valence-electron chi connectivity index (χ0n) is 8.32. The molecule has 6 nitrogen and oxygen atoms in total. The molecule has 0 amide bonds. The number of nitrogens with zero attached hydrogens (tertiary/aromatic N) is 1. The van der Waals surface area contributed by atoms with Gasteiger partial charge in [0.05, 0.1) is 6.10 Å². The first kappa shape index (κ1) is 14.6. The lowest BCUT2D eigenvalue weighted by molar-refractivity contribution is -0.783. The van der Waals surface area contributed by atoms with Crippen LogP contribution in [0, 0.1) is 10.1 Å². The highest BCUT2D eigenvalue weighted by Crippen LogP contribution is 2.21. The summed E-state index contributed by atoms with van der Waals surface area (Å²) in [5.41, 5.74) is -1.07. The molecule has 2 unspecified atom stereocenters. The maximum atomic E-state index is 10.1. The highest BCUT2D eigenvalue weighted by Gasteiger charge is 2.33. The molecule has 2 atom stereocenters. The molecule has 0 aliphatic carbocycles. The molecule has 0 spiro atoms. The number of aliphatic hydroxyl groups is 1. The first-order valence-electron chi connectivity index (χ1n) is 3.94. The van der Waals surface area contributed by atoms with E-state index in [4.69, 9.17) is 0 Å². The van der Waals surface area contributed by atoms with Crippen molar-refractivity contribution in [1.29, 1.82) is 0 Å². The third kappa shape index (κ3) is 4.64. The van der Waals surface area contributed by atoms with Crippen molar-refractivity contribution in [2.75, 3.05) is 0 Å². The lowest BCUT2D eigenvalue weighted by Gasteiger charge is -2.29. The Morgan fingerprint density at radius 2 is 2.15 bits per heavy atom. The van der Waals surface area contributed by atoms with Crippen molar-refractivity contribution in [3.8, 4) is 0 Å². The fourth-order valence-corrected chi connectivity index (χ4v) is 0.997. The summed E-state index contributed by atoms with van der Waals surface area (Å²) in [6.45, 7) is 4.90. The molecule has 4 N–H and O–H groups in total. The van der Waals surface area contributed by atoms with Crippen molar-refractivity contribution in [2.45, 2.75) is 45.3 Å². The normalized spacial score (nSPS) is 16.6. The molecule has 6 heteroatoms. The van der Waals surface area contributed by atoms with Crippen LogP contribution in [0.1, 0.15) is 33.6 Å². The molecule has 0 rings (SSSR count). The van der Waals surface area contributed by atoms with Gasteiger partial charge in [0.2, 0.25) is 0 Å². The van der Waals surface area contributed by atoms with Gasteiger partial charge in [0.15, 0.2) is 0 Å². The van der Waals surface area contributed by atoms with Gasteiger partial charge in [0.1, 0.15) is 5.60 Å². The quantitative estimate of drug-likeness (QED) is 0.506. The topological polar surface area (TPSA) is 108 Å². The highest BCUT2D eigenvalue weighted by atomic mass is 17.0. The standard InChI is InChI=1S/C7H15NO4.H3N/c1-4-5-7(3,6(2)9)12-8(10)11;/h6,9H,4-5H2,1-3H3;1H3. The molecule has 0 aromatic rings. The summed E-state index contributed by atoms with van der Waals surface area (Å²) in [6, 6.07) is 0. The van der Waals surface area contributed by atoms with Crippen LogP contribution in [-0.4, -0.2) is 21.9 Å². The SMILES string of the molecule is CCCC(C)(O[N+](=O)[O-])C(C)O.N. The van der Waals surface area contributed by atoms with E-state index in [0.29, 0.717) is 6.42 Å². The summed E-state index contributed by atoms with van der Waals surface area (Å²) in [6.07, 6.45) is 0.351. The second-order valence-corrected chi connectivity index (χ2v) is 3.05. The number of aliphatic hydroxyl groups excluding tert-OH is 1. The Bertz CT molecular complexity index is 163. The Hall–Kier alpha value is -0.880. The van der Waals surface area contributed by atoms with Crippen LogP contribution >= 0.6 is 0 Å². The van der Waals surface area contributed by atoms with Gasteiger partial charge < -0.3 is 16.1 Å². The van der Waals surface area contributed by atoms with Crippen LogP contribution in [0.5, 0.6) is 0 Å². The highest BCUT2D eigenvalue weighted by molar-refractivity contribution is 4.78. The Labute approximate surface area is 77.6 Å². The summed E-state index contributed by atoms with van der Waals surface area (Å²) in [7, 11) is 0. The van der Waals surface area contributed by atoms with Crippen molar-refractivity contribution >= 4 is 0 Å². The van der Waals surface area contributed by atoms with E-state index < -0.39 is 16.8 Å². The smallest absolute Gasteiger partial charge is 0.295 e. The van der Waals surface area contributed by atoms with Gasteiger partial charge >= 0.3 is 0 Å². The van der Waals surface area contributed by atoms with E-state index in [-0.39, 0.29) is 6.15 Å². The predicted molar refractivity (Wildman–Crippen MR) is 48.1 cm³/mol. The van der Waals surface area contributed by atoms with Gasteiger partial charge in [0, 0.05) is 0 Å². The van der Waals surface area contributed by atoms with E-state index in [1.165, 1.54) is 13.8 Å². The maximum absolute atomic E-state index is 10.1. The van der Waals surface area contributed by atoms with Crippen LogP contribution < -0.4 is 6.15 Å². The van der Waals surface area contributed by atoms with Crippen LogP contribution in [0.4, 0.5) is 0 Å². The van der Waals surface area contributed by atoms with Gasteiger partial charge in [-0.05, 0) is 20.3 Å². The summed E-state index contributed by atoms with van der Waals surface area (Å²) in [5, 5.41) is 18.4. The minimum Gasteiger partial charge on any atom is -0.391 e. The van der Waals surface area contributed by atoms with E-state index in [1.807, 2.05) is 6.92 Å². The van der Waals surface area contributed by atoms with Crippen LogP contribution in [0.15, 0.2) is 0 Å². The lowest BCUT2D eigenvalue weighted by atomic mass is 9.95. The molecular formula is C7H18N2O4. The van der Waals surface area contributed by atoms with Crippen LogP contribution in [-0.2, 0) is 4.84 Å². The first-order valence-corrected chi connectivity index (χ1v) is 3.94. The van der Waals surface area contributed by atoms with Gasteiger partial charge in [-0.1, -0.05) is 13.3 Å². The van der Waals surface area contributed by atoms with Crippen molar-refractivity contribution in [3.63, 3.8) is 0 Å². The minimum atomic E-state index is -1.07. The third-order valence-electron chi connectivity index (χ3n) is 1.91. The Balaban J connectivity index is 0. The van der Waals surface area contributed by atoms with Crippen molar-refractivity contribution in [3.05, 3.63) is 10.1 Å². The zero-order valence-corrected chi connectivity index (χ0v) is 8.32. The monoisotopic (exact) mass is 194 g/mol. The molecule has 0 heterocycles. The molecule has 0 aliphatic heterocycles. The number of hydrogen-bond donors (Lipinski definition) is 2. The minimum absolute atomic E-state index is 0. The molecule has 0 radical (unpaired) electrons. The molecule has 0 aromatic carbocycles. The number of rotatable bonds is 5. The van der Waals surface area contributed by atoms with Gasteiger partial charge in [-0.3, -0.25) is 0 Å². The maximum Gasteiger partial charge on any atom is 0.295 e. The summed E-state index contributed by atoms with van der Waals surface area (Å²) < 4.78 is 0. The molecule has 0 aliphatic rings. The van der Waals surface area contributed by atoms with Crippen molar-refractivity contribution < 1.29 is 15.0 Å². The van der Waals surface area contributed by atoms with E-state index in [0.717, 1.165) is 6.42 Å². The average Bonchev–Trinajstić information content (AvgIpc) is 1.85. The van der Waals surface area contributed by atoms with Crippen molar-refractivity contribution in [1.82, 2.24) is 6.15 Å². The molecular weight excluding hydrogens is 176 g/mol. The second-order valence-electron chi connectivity index (χ2n) is 3.05. The molecule has 0 aromatic heterocycles. The number of hydrogen-bond acceptors (Lipinski definition) is 5. The van der Waals surface area contributed by atoms with E-state index >= 15 is 0 Å². The summed E-state index contributed by atoms with van der Waals surface area (Å²) >= 11 is 0. The molecule has 13 heavy (non-hydrogen) atoms. The van der Waals surface area contributed by atoms with Crippen LogP contribution in [0.3, 0.4) is 0 Å². The molecule has 0 saturated heterocycles. The molecule has 0 saturated carbocycles. The fraction of sp³-hybridized carbons (Fsp3) is 1.00. The predicted octanol–water partition coefficient (Wildman–Crippen LogP) is 1.30. The molecule has 0 bridgehead atoms. The largest absolute Gasteiger partial charge is 0.391 e. The van der Waals surface area contributed by atoms with E-state index in [1.54, 1.807) is 0 Å². The van der Waals surface area contributed by atoms with E-state index in [2.05, 4.69) is 4.84 Å². The van der Waals surface area contributed by atoms with Gasteiger partial charge in [-0.2, -0.15) is 0 Å². The van der Waals surface area contributed by atoms with Gasteiger partial charge in [-0.15, -0.1) is 10.1 Å². The Kier molecular flexibility index (Phi) is 6.43. The lowest BCUT2D eigenvalue weighted by Crippen LogP contribution is -2.41. The van der Waals surface area contributed by atoms with E-state index in [9.17, 15) is 15.2 Å². The van der Waals surface area contributed by atoms with Crippen LogP contribution in [0.25, 0.3) is 0 Å². The molecule has 80 valence electrons. The summed E-state index contributed by atoms with van der Waals surface area (Å²) in [4.78, 5) is 14.5.